The van der Waals surface area contributed by atoms with Gasteiger partial charge in [-0.25, -0.2) is 18.0 Å². The number of halogens is 3. The first-order valence-electron chi connectivity index (χ1n) is 13.3. The number of carbonyl (C=O) groups is 1. The summed E-state index contributed by atoms with van der Waals surface area (Å²) in [6.07, 6.45) is 2.70. The van der Waals surface area contributed by atoms with Gasteiger partial charge in [0, 0.05) is 57.1 Å². The van der Waals surface area contributed by atoms with Crippen molar-refractivity contribution in [3.63, 3.8) is 0 Å². The van der Waals surface area contributed by atoms with Crippen molar-refractivity contribution in [3.8, 4) is 0 Å². The summed E-state index contributed by atoms with van der Waals surface area (Å²) in [5.74, 6) is -1.48. The molecule has 0 spiro atoms. The molecular formula is C27H36F3N5O3. The fourth-order valence-electron chi connectivity index (χ4n) is 5.97. The van der Waals surface area contributed by atoms with Crippen LogP contribution in [0.2, 0.25) is 0 Å². The summed E-state index contributed by atoms with van der Waals surface area (Å²) in [6.45, 7) is 6.69. The quantitative estimate of drug-likeness (QED) is 0.443. The molecule has 3 fully saturated rings. The van der Waals surface area contributed by atoms with Gasteiger partial charge in [-0.1, -0.05) is 6.08 Å². The Hall–Kier alpha value is -2.76. The molecule has 0 aliphatic carbocycles. The topological polar surface area (TPSA) is 80.3 Å². The maximum absolute atomic E-state index is 14.8. The van der Waals surface area contributed by atoms with Gasteiger partial charge >= 0.3 is 6.03 Å². The van der Waals surface area contributed by atoms with E-state index in [2.05, 4.69) is 17.2 Å². The summed E-state index contributed by atoms with van der Waals surface area (Å²) >= 11 is 0. The molecule has 38 heavy (non-hydrogen) atoms. The number of aliphatic hydroxyl groups is 1. The number of nitrogens with zero attached hydrogens (tertiary/aromatic N) is 3. The maximum atomic E-state index is 14.8. The molecule has 1 aromatic carbocycles. The zero-order valence-corrected chi connectivity index (χ0v) is 21.4. The average Bonchev–Trinajstić information content (AvgIpc) is 3.49. The minimum Gasteiger partial charge on any atom is -0.389 e. The molecule has 4 aliphatic heterocycles. The molecule has 5 rings (SSSR count). The van der Waals surface area contributed by atoms with Gasteiger partial charge in [0.05, 0.1) is 30.9 Å². The predicted molar refractivity (Wildman–Crippen MR) is 136 cm³/mol. The third kappa shape index (κ3) is 5.50. The van der Waals surface area contributed by atoms with E-state index in [9.17, 15) is 23.1 Å². The molecule has 2 amide bonds. The van der Waals surface area contributed by atoms with E-state index < -0.39 is 36.1 Å². The van der Waals surface area contributed by atoms with Crippen LogP contribution in [0.1, 0.15) is 18.4 Å². The monoisotopic (exact) mass is 535 g/mol. The van der Waals surface area contributed by atoms with Crippen LogP contribution in [-0.2, 0) is 4.74 Å². The second-order valence-corrected chi connectivity index (χ2v) is 10.6. The Morgan fingerprint density at radius 2 is 2.03 bits per heavy atom. The summed E-state index contributed by atoms with van der Waals surface area (Å²) in [5, 5.41) is 16.3. The van der Waals surface area contributed by atoms with Gasteiger partial charge in [-0.2, -0.15) is 0 Å². The van der Waals surface area contributed by atoms with Gasteiger partial charge in [0.15, 0.2) is 0 Å². The second-order valence-electron chi connectivity index (χ2n) is 10.6. The highest BCUT2D eigenvalue weighted by atomic mass is 19.1. The fourth-order valence-corrected chi connectivity index (χ4v) is 5.97. The van der Waals surface area contributed by atoms with E-state index in [-0.39, 0.29) is 49.6 Å². The van der Waals surface area contributed by atoms with Gasteiger partial charge in [-0.3, -0.25) is 0 Å². The van der Waals surface area contributed by atoms with Crippen LogP contribution >= 0.6 is 0 Å². The largest absolute Gasteiger partial charge is 0.389 e. The van der Waals surface area contributed by atoms with E-state index in [0.717, 1.165) is 18.2 Å². The Morgan fingerprint density at radius 3 is 2.68 bits per heavy atom. The molecule has 1 aromatic rings. The van der Waals surface area contributed by atoms with E-state index in [1.165, 1.54) is 0 Å². The Balaban J connectivity index is 1.51. The van der Waals surface area contributed by atoms with Crippen LogP contribution in [0.5, 0.6) is 0 Å². The lowest BCUT2D eigenvalue weighted by molar-refractivity contribution is -0.0218. The Kier molecular flexibility index (Phi) is 8.15. The van der Waals surface area contributed by atoms with E-state index in [4.69, 9.17) is 4.74 Å². The number of rotatable bonds is 8. The highest BCUT2D eigenvalue weighted by Crippen LogP contribution is 2.34. The Bertz CT molecular complexity index is 1050. The first kappa shape index (κ1) is 26.8. The number of benzene rings is 1. The number of aliphatic hydroxyl groups excluding tert-OH is 1. The third-order valence-corrected chi connectivity index (χ3v) is 8.01. The Labute approximate surface area is 221 Å². The highest BCUT2D eigenvalue weighted by Gasteiger charge is 2.46. The van der Waals surface area contributed by atoms with Crippen LogP contribution in [-0.4, -0.2) is 103 Å². The lowest BCUT2D eigenvalue weighted by atomic mass is 9.87. The van der Waals surface area contributed by atoms with Crippen LogP contribution in [0.15, 0.2) is 37.1 Å². The number of ether oxygens (including phenoxy) is 1. The molecule has 0 saturated carbocycles. The van der Waals surface area contributed by atoms with Crippen LogP contribution in [0.25, 0.3) is 5.70 Å². The molecule has 208 valence electrons. The number of carbonyl (C=O) groups excluding carboxylic acids is 1. The van der Waals surface area contributed by atoms with E-state index in [1.807, 2.05) is 4.90 Å². The van der Waals surface area contributed by atoms with Crippen molar-refractivity contribution in [2.24, 2.45) is 11.8 Å². The lowest BCUT2D eigenvalue weighted by Crippen LogP contribution is -2.65. The molecule has 0 radical (unpaired) electrons. The van der Waals surface area contributed by atoms with Crippen LogP contribution in [0.4, 0.5) is 18.0 Å². The first-order chi connectivity index (χ1) is 18.4. The third-order valence-electron chi connectivity index (χ3n) is 8.01. The molecule has 8 nitrogen and oxygen atoms in total. The zero-order chi connectivity index (χ0) is 26.8. The van der Waals surface area contributed by atoms with Gasteiger partial charge in [0.25, 0.3) is 0 Å². The summed E-state index contributed by atoms with van der Waals surface area (Å²) in [4.78, 5) is 19.2. The molecule has 0 bridgehead atoms. The highest BCUT2D eigenvalue weighted by molar-refractivity contribution is 5.76. The van der Waals surface area contributed by atoms with E-state index in [0.29, 0.717) is 44.8 Å². The zero-order valence-electron chi connectivity index (χ0n) is 21.4. The predicted octanol–water partition coefficient (Wildman–Crippen LogP) is 2.13. The van der Waals surface area contributed by atoms with Gasteiger partial charge in [0.1, 0.15) is 24.0 Å². The summed E-state index contributed by atoms with van der Waals surface area (Å²) in [6, 6.07) is 2.63. The molecule has 3 N–H and O–H groups in total. The van der Waals surface area contributed by atoms with Crippen molar-refractivity contribution < 1.29 is 27.8 Å². The minimum absolute atomic E-state index is 0.0150. The van der Waals surface area contributed by atoms with Crippen LogP contribution in [0.3, 0.4) is 0 Å². The summed E-state index contributed by atoms with van der Waals surface area (Å²) in [5.41, 5.74) is 0.503. The fraction of sp³-hybridized carbons (Fsp3) is 0.593. The minimum atomic E-state index is -1.08. The van der Waals surface area contributed by atoms with E-state index in [1.54, 1.807) is 22.1 Å². The number of urea groups is 1. The number of nitrogens with one attached hydrogen (secondary N) is 2. The summed E-state index contributed by atoms with van der Waals surface area (Å²) < 4.78 is 49.3. The number of likely N-dealkylation sites (tertiary alicyclic amines) is 1. The van der Waals surface area contributed by atoms with Gasteiger partial charge in [0.2, 0.25) is 0 Å². The smallest absolute Gasteiger partial charge is 0.320 e. The van der Waals surface area contributed by atoms with Crippen molar-refractivity contribution in [1.29, 1.82) is 0 Å². The van der Waals surface area contributed by atoms with Crippen LogP contribution < -0.4 is 10.6 Å². The van der Waals surface area contributed by atoms with Crippen molar-refractivity contribution >= 4 is 11.7 Å². The standard InChI is InChI=1S/C27H36F3N5O3/c1-2-7-33-16-24(21-10-19(28)3-4-22(21)29)32-26(33)25(17-5-8-38-9-6-17)35(13-18-11-31-12-23(18)30)27(37)34-14-20(36)15-34/h2-4,10,16-18,20,23,25-26,31-32,36H,1,5-9,11-15H2. The number of alkyl halides is 1. The molecule has 4 heterocycles. The average molecular weight is 536 g/mol. The van der Waals surface area contributed by atoms with Gasteiger partial charge < -0.3 is 35.2 Å². The SMILES string of the molecule is C=CCN1C=C(c2cc(F)ccc2F)NC1C(C1CCOCC1)N(CC1CNCC1F)C(=O)N1CC(O)C1. The van der Waals surface area contributed by atoms with Crippen molar-refractivity contribution in [1.82, 2.24) is 25.3 Å². The molecule has 3 saturated heterocycles. The normalized spacial score (nSPS) is 27.1. The Morgan fingerprint density at radius 1 is 1.26 bits per heavy atom. The van der Waals surface area contributed by atoms with Crippen molar-refractivity contribution in [2.75, 3.05) is 52.5 Å². The van der Waals surface area contributed by atoms with Crippen LogP contribution in [0, 0.1) is 23.5 Å². The molecule has 4 aliphatic rings. The number of β-amino-alcohol motifs (C(OH)–C–C–N with tert-alkyl or cyclic N) is 1. The molecule has 4 atom stereocenters. The van der Waals surface area contributed by atoms with Crippen molar-refractivity contribution in [3.05, 3.63) is 54.3 Å². The summed E-state index contributed by atoms with van der Waals surface area (Å²) in [7, 11) is 0. The number of hydrogen-bond acceptors (Lipinski definition) is 6. The molecule has 4 unspecified atom stereocenters. The molecule has 0 aromatic heterocycles. The second kappa shape index (κ2) is 11.5. The molecular weight excluding hydrogens is 499 g/mol. The molecule has 11 heteroatoms. The van der Waals surface area contributed by atoms with E-state index >= 15 is 0 Å². The lowest BCUT2D eigenvalue weighted by Gasteiger charge is -2.48. The maximum Gasteiger partial charge on any atom is 0.320 e. The number of amides is 2. The first-order valence-corrected chi connectivity index (χ1v) is 13.3. The number of hydrogen-bond donors (Lipinski definition) is 3. The van der Waals surface area contributed by atoms with Gasteiger partial charge in [-0.15, -0.1) is 6.58 Å². The van der Waals surface area contributed by atoms with Gasteiger partial charge in [-0.05, 0) is 37.0 Å². The van der Waals surface area contributed by atoms with Crippen molar-refractivity contribution in [2.45, 2.75) is 37.3 Å².